The molecule has 20 heavy (non-hydrogen) atoms. The lowest BCUT2D eigenvalue weighted by Gasteiger charge is -2.30. The quantitative estimate of drug-likeness (QED) is 0.805. The van der Waals surface area contributed by atoms with Crippen molar-refractivity contribution in [3.05, 3.63) is 29.8 Å². The van der Waals surface area contributed by atoms with Crippen LogP contribution in [-0.2, 0) is 9.84 Å². The van der Waals surface area contributed by atoms with E-state index >= 15 is 0 Å². The first-order chi connectivity index (χ1) is 9.51. The van der Waals surface area contributed by atoms with Gasteiger partial charge in [0.25, 0.3) is 0 Å². The van der Waals surface area contributed by atoms with Crippen LogP contribution < -0.4 is 0 Å². The summed E-state index contributed by atoms with van der Waals surface area (Å²) in [6.07, 6.45) is 3.85. The Morgan fingerprint density at radius 1 is 1.30 bits per heavy atom. The molecular formula is C15H20N2O2S. The van der Waals surface area contributed by atoms with Crippen molar-refractivity contribution in [1.29, 1.82) is 5.26 Å². The highest BCUT2D eigenvalue weighted by atomic mass is 32.2. The number of rotatable bonds is 6. The van der Waals surface area contributed by atoms with Gasteiger partial charge in [-0.15, -0.1) is 0 Å². The Morgan fingerprint density at radius 2 is 1.95 bits per heavy atom. The lowest BCUT2D eigenvalue weighted by atomic mass is 9.85. The molecule has 0 bridgehead atoms. The number of hydrogen-bond donors (Lipinski definition) is 0. The molecule has 1 fully saturated rings. The van der Waals surface area contributed by atoms with Crippen molar-refractivity contribution in [2.24, 2.45) is 5.92 Å². The van der Waals surface area contributed by atoms with Crippen LogP contribution in [0.3, 0.4) is 0 Å². The van der Waals surface area contributed by atoms with Crippen LogP contribution in [0.5, 0.6) is 0 Å². The van der Waals surface area contributed by atoms with E-state index in [1.165, 1.54) is 31.4 Å². The van der Waals surface area contributed by atoms with Crippen molar-refractivity contribution in [3.63, 3.8) is 0 Å². The van der Waals surface area contributed by atoms with Gasteiger partial charge in [0.1, 0.15) is 0 Å². The van der Waals surface area contributed by atoms with E-state index in [2.05, 4.69) is 4.90 Å². The Morgan fingerprint density at radius 3 is 2.45 bits per heavy atom. The summed E-state index contributed by atoms with van der Waals surface area (Å²) in [7, 11) is -1.28. The smallest absolute Gasteiger partial charge is 0.179 e. The molecule has 5 heteroatoms. The van der Waals surface area contributed by atoms with E-state index < -0.39 is 9.84 Å². The minimum atomic E-state index is -3.26. The first-order valence-corrected chi connectivity index (χ1v) is 8.58. The van der Waals surface area contributed by atoms with E-state index in [1.807, 2.05) is 13.1 Å². The standard InChI is InChI=1S/C15H20N2O2S/c1-17(12-14-3-2-4-14)9-10-20(18,19)15-7-5-13(11-16)6-8-15/h5-8,14H,2-4,9-10,12H2,1H3. The summed E-state index contributed by atoms with van der Waals surface area (Å²) in [5, 5.41) is 8.71. The predicted molar refractivity (Wildman–Crippen MR) is 78.0 cm³/mol. The van der Waals surface area contributed by atoms with Crippen molar-refractivity contribution in [1.82, 2.24) is 4.90 Å². The average Bonchev–Trinajstić information content (AvgIpc) is 2.41. The van der Waals surface area contributed by atoms with Crippen LogP contribution in [0.25, 0.3) is 0 Å². The van der Waals surface area contributed by atoms with Gasteiger partial charge in [0, 0.05) is 13.1 Å². The molecule has 0 saturated heterocycles. The number of benzene rings is 1. The van der Waals surface area contributed by atoms with Gasteiger partial charge in [0.15, 0.2) is 9.84 Å². The van der Waals surface area contributed by atoms with E-state index in [1.54, 1.807) is 12.1 Å². The highest BCUT2D eigenvalue weighted by Crippen LogP contribution is 2.26. The molecule has 0 atom stereocenters. The molecule has 0 heterocycles. The maximum absolute atomic E-state index is 12.2. The second kappa shape index (κ2) is 6.38. The molecule has 1 aromatic carbocycles. The van der Waals surface area contributed by atoms with Crippen molar-refractivity contribution >= 4 is 9.84 Å². The second-order valence-electron chi connectivity index (χ2n) is 5.51. The van der Waals surface area contributed by atoms with Crippen molar-refractivity contribution in [3.8, 4) is 6.07 Å². The molecule has 0 radical (unpaired) electrons. The van der Waals surface area contributed by atoms with Crippen LogP contribution in [0.1, 0.15) is 24.8 Å². The summed E-state index contributed by atoms with van der Waals surface area (Å²) in [4.78, 5) is 2.40. The molecule has 0 amide bonds. The second-order valence-corrected chi connectivity index (χ2v) is 7.62. The highest BCUT2D eigenvalue weighted by Gasteiger charge is 2.20. The van der Waals surface area contributed by atoms with Crippen LogP contribution in [0.15, 0.2) is 29.2 Å². The molecule has 0 N–H and O–H groups in total. The van der Waals surface area contributed by atoms with Gasteiger partial charge in [-0.1, -0.05) is 6.42 Å². The van der Waals surface area contributed by atoms with Crippen molar-refractivity contribution in [2.75, 3.05) is 25.9 Å². The Bertz CT molecular complexity index is 583. The van der Waals surface area contributed by atoms with Crippen LogP contribution in [0.4, 0.5) is 0 Å². The van der Waals surface area contributed by atoms with Gasteiger partial charge in [0.05, 0.1) is 22.3 Å². The van der Waals surface area contributed by atoms with E-state index in [0.717, 1.165) is 12.5 Å². The Hall–Kier alpha value is -1.38. The van der Waals surface area contributed by atoms with E-state index in [4.69, 9.17) is 5.26 Å². The minimum absolute atomic E-state index is 0.127. The Balaban J connectivity index is 1.90. The zero-order chi connectivity index (χ0) is 14.6. The summed E-state index contributed by atoms with van der Waals surface area (Å²) in [5.41, 5.74) is 0.478. The molecule has 1 aliphatic carbocycles. The summed E-state index contributed by atoms with van der Waals surface area (Å²) in [6, 6.07) is 8.11. The molecule has 0 aromatic heterocycles. The third-order valence-corrected chi connectivity index (χ3v) is 5.59. The summed E-state index contributed by atoms with van der Waals surface area (Å²) < 4.78 is 24.4. The first-order valence-electron chi connectivity index (χ1n) is 6.93. The van der Waals surface area contributed by atoms with Crippen LogP contribution in [-0.4, -0.2) is 39.2 Å². The third-order valence-electron chi connectivity index (χ3n) is 3.88. The molecule has 0 aliphatic heterocycles. The Labute approximate surface area is 120 Å². The van der Waals surface area contributed by atoms with Gasteiger partial charge in [0.2, 0.25) is 0 Å². The van der Waals surface area contributed by atoms with Gasteiger partial charge < -0.3 is 4.90 Å². The molecule has 0 unspecified atom stereocenters. The van der Waals surface area contributed by atoms with Crippen molar-refractivity contribution < 1.29 is 8.42 Å². The first kappa shape index (κ1) is 15.0. The van der Waals surface area contributed by atoms with E-state index in [0.29, 0.717) is 17.0 Å². The Kier molecular flexibility index (Phi) is 4.79. The lowest BCUT2D eigenvalue weighted by Crippen LogP contribution is -2.32. The molecule has 108 valence electrons. The SMILES string of the molecule is CN(CCS(=O)(=O)c1ccc(C#N)cc1)CC1CCC1. The number of nitrogens with zero attached hydrogens (tertiary/aromatic N) is 2. The van der Waals surface area contributed by atoms with Crippen LogP contribution in [0, 0.1) is 17.2 Å². The summed E-state index contributed by atoms with van der Waals surface area (Å²) in [6.45, 7) is 1.54. The molecule has 0 spiro atoms. The van der Waals surface area contributed by atoms with E-state index in [9.17, 15) is 8.42 Å². The maximum atomic E-state index is 12.2. The van der Waals surface area contributed by atoms with Gasteiger partial charge in [-0.05, 0) is 50.1 Å². The lowest BCUT2D eigenvalue weighted by molar-refractivity contribution is 0.212. The fraction of sp³-hybridized carbons (Fsp3) is 0.533. The molecular weight excluding hydrogens is 272 g/mol. The van der Waals surface area contributed by atoms with Crippen LogP contribution in [0.2, 0.25) is 0 Å². The molecule has 1 aliphatic rings. The van der Waals surface area contributed by atoms with Gasteiger partial charge >= 0.3 is 0 Å². The molecule has 4 nitrogen and oxygen atoms in total. The maximum Gasteiger partial charge on any atom is 0.179 e. The molecule has 1 aromatic rings. The topological polar surface area (TPSA) is 61.2 Å². The summed E-state index contributed by atoms with van der Waals surface area (Å²) >= 11 is 0. The zero-order valence-electron chi connectivity index (χ0n) is 11.7. The van der Waals surface area contributed by atoms with Gasteiger partial charge in [-0.2, -0.15) is 5.26 Å². The fourth-order valence-corrected chi connectivity index (χ4v) is 3.68. The molecule has 1 saturated carbocycles. The average molecular weight is 292 g/mol. The summed E-state index contributed by atoms with van der Waals surface area (Å²) in [5.74, 6) is 0.875. The van der Waals surface area contributed by atoms with E-state index in [-0.39, 0.29) is 5.75 Å². The monoisotopic (exact) mass is 292 g/mol. The minimum Gasteiger partial charge on any atom is -0.305 e. The van der Waals surface area contributed by atoms with Crippen molar-refractivity contribution in [2.45, 2.75) is 24.2 Å². The predicted octanol–water partition coefficient (Wildman–Crippen LogP) is 2.06. The van der Waals surface area contributed by atoms with Gasteiger partial charge in [-0.25, -0.2) is 8.42 Å². The fourth-order valence-electron chi connectivity index (χ4n) is 2.34. The third kappa shape index (κ3) is 3.81. The zero-order valence-corrected chi connectivity index (χ0v) is 12.6. The largest absolute Gasteiger partial charge is 0.305 e. The normalized spacial score (nSPS) is 15.8. The number of nitriles is 1. The van der Waals surface area contributed by atoms with Crippen LogP contribution >= 0.6 is 0 Å². The number of hydrogen-bond acceptors (Lipinski definition) is 4. The number of sulfone groups is 1. The van der Waals surface area contributed by atoms with Gasteiger partial charge in [-0.3, -0.25) is 0 Å². The highest BCUT2D eigenvalue weighted by molar-refractivity contribution is 7.91. The molecule has 2 rings (SSSR count).